The Bertz CT molecular complexity index is 612. The molecule has 1 aromatic heterocycles. The topological polar surface area (TPSA) is 56.0 Å². The average Bonchev–Trinajstić information content (AvgIpc) is 2.96. The van der Waals surface area contributed by atoms with E-state index in [1.54, 1.807) is 0 Å². The maximum absolute atomic E-state index is 10.9. The van der Waals surface area contributed by atoms with E-state index in [2.05, 4.69) is 29.2 Å². The molecule has 1 aliphatic carbocycles. The summed E-state index contributed by atoms with van der Waals surface area (Å²) in [4.78, 5) is 15.4. The van der Waals surface area contributed by atoms with Crippen LogP contribution >= 0.6 is 11.3 Å². The average molecular weight is 300 g/mol. The maximum Gasteiger partial charge on any atom is 0.224 e. The molecule has 0 aliphatic heterocycles. The first kappa shape index (κ1) is 14.3. The molecule has 0 radical (unpaired) electrons. The van der Waals surface area contributed by atoms with Gasteiger partial charge in [0.2, 0.25) is 5.91 Å². The second kappa shape index (κ2) is 6.39. The number of carbonyl (C=O) groups is 1. The number of hydrogen-bond donors (Lipinski definition) is 1. The first-order chi connectivity index (χ1) is 10.2. The highest BCUT2D eigenvalue weighted by Crippen LogP contribution is 2.33. The highest BCUT2D eigenvalue weighted by molar-refractivity contribution is 7.10. The molecule has 2 aromatic rings. The quantitative estimate of drug-likeness (QED) is 0.931. The zero-order valence-corrected chi connectivity index (χ0v) is 12.9. The minimum absolute atomic E-state index is 0.227. The lowest BCUT2D eigenvalue weighted by Crippen LogP contribution is -2.13. The summed E-state index contributed by atoms with van der Waals surface area (Å²) >= 11 is 1.49. The van der Waals surface area contributed by atoms with Gasteiger partial charge in [-0.25, -0.2) is 4.98 Å². The predicted octanol–water partition coefficient (Wildman–Crippen LogP) is 3.89. The first-order valence-corrected chi connectivity index (χ1v) is 8.43. The van der Waals surface area contributed by atoms with Gasteiger partial charge in [-0.05, 0) is 24.3 Å². The first-order valence-electron chi connectivity index (χ1n) is 7.55. The summed E-state index contributed by atoms with van der Waals surface area (Å²) < 4.78 is 0. The van der Waals surface area contributed by atoms with Crippen molar-refractivity contribution in [3.63, 3.8) is 0 Å². The third-order valence-electron chi connectivity index (χ3n) is 4.16. The second-order valence-electron chi connectivity index (χ2n) is 5.73. The van der Waals surface area contributed by atoms with Crippen molar-refractivity contribution in [3.8, 4) is 11.3 Å². The van der Waals surface area contributed by atoms with E-state index >= 15 is 0 Å². The predicted molar refractivity (Wildman–Crippen MR) is 86.3 cm³/mol. The number of hydrogen-bond acceptors (Lipinski definition) is 3. The molecule has 0 bridgehead atoms. The van der Waals surface area contributed by atoms with Crippen LogP contribution in [-0.2, 0) is 11.2 Å². The van der Waals surface area contributed by atoms with Crippen LogP contribution in [0.5, 0.6) is 0 Å². The molecule has 0 saturated heterocycles. The molecule has 0 spiro atoms. The van der Waals surface area contributed by atoms with Crippen molar-refractivity contribution in [1.82, 2.24) is 4.98 Å². The van der Waals surface area contributed by atoms with E-state index in [0.717, 1.165) is 22.2 Å². The van der Waals surface area contributed by atoms with Crippen LogP contribution in [0.25, 0.3) is 11.3 Å². The summed E-state index contributed by atoms with van der Waals surface area (Å²) in [7, 11) is 0. The van der Waals surface area contributed by atoms with Gasteiger partial charge in [0, 0.05) is 10.9 Å². The molecule has 1 heterocycles. The van der Waals surface area contributed by atoms with Crippen molar-refractivity contribution in [2.24, 2.45) is 5.73 Å². The Morgan fingerprint density at radius 2 is 1.90 bits per heavy atom. The number of carbonyl (C=O) groups excluding carboxylic acids is 1. The van der Waals surface area contributed by atoms with Crippen LogP contribution in [0.3, 0.4) is 0 Å². The minimum atomic E-state index is -0.330. The number of thiazole rings is 1. The molecule has 0 atom stereocenters. The van der Waals surface area contributed by atoms with E-state index in [9.17, 15) is 4.79 Å². The van der Waals surface area contributed by atoms with Gasteiger partial charge in [-0.1, -0.05) is 43.5 Å². The van der Waals surface area contributed by atoms with E-state index in [0.29, 0.717) is 0 Å². The Morgan fingerprint density at radius 3 is 2.57 bits per heavy atom. The lowest BCUT2D eigenvalue weighted by Gasteiger charge is -2.22. The van der Waals surface area contributed by atoms with E-state index in [-0.39, 0.29) is 12.3 Å². The van der Waals surface area contributed by atoms with Crippen molar-refractivity contribution in [3.05, 3.63) is 40.2 Å². The Balaban J connectivity index is 1.74. The number of nitrogens with zero attached hydrogens (tertiary/aromatic N) is 1. The molecule has 0 unspecified atom stereocenters. The van der Waals surface area contributed by atoms with Crippen molar-refractivity contribution in [2.75, 3.05) is 0 Å². The van der Waals surface area contributed by atoms with Crippen molar-refractivity contribution in [2.45, 2.75) is 44.4 Å². The van der Waals surface area contributed by atoms with E-state index < -0.39 is 0 Å². The molecule has 21 heavy (non-hydrogen) atoms. The lowest BCUT2D eigenvalue weighted by molar-refractivity contribution is -0.117. The third kappa shape index (κ3) is 3.50. The van der Waals surface area contributed by atoms with Crippen molar-refractivity contribution >= 4 is 17.2 Å². The number of primary amides is 1. The van der Waals surface area contributed by atoms with Crippen molar-refractivity contribution < 1.29 is 4.79 Å². The summed E-state index contributed by atoms with van der Waals surface area (Å²) in [5.74, 6) is 0.400. The molecule has 2 N–H and O–H groups in total. The van der Waals surface area contributed by atoms with Gasteiger partial charge in [-0.2, -0.15) is 0 Å². The van der Waals surface area contributed by atoms with Gasteiger partial charge >= 0.3 is 0 Å². The number of benzene rings is 1. The molecule has 1 aromatic carbocycles. The van der Waals surface area contributed by atoms with Crippen LogP contribution in [0, 0.1) is 0 Å². The molecule has 1 aliphatic rings. The largest absolute Gasteiger partial charge is 0.369 e. The zero-order valence-electron chi connectivity index (χ0n) is 12.0. The summed E-state index contributed by atoms with van der Waals surface area (Å²) in [6, 6.07) is 8.76. The Morgan fingerprint density at radius 1 is 1.19 bits per heavy atom. The van der Waals surface area contributed by atoms with E-state index in [4.69, 9.17) is 5.73 Å². The molecule has 1 amide bonds. The molecule has 4 heteroatoms. The number of amides is 1. The molecule has 3 nitrogen and oxygen atoms in total. The van der Waals surface area contributed by atoms with Crippen LogP contribution < -0.4 is 5.73 Å². The highest BCUT2D eigenvalue weighted by Gasteiger charge is 2.15. The summed E-state index contributed by atoms with van der Waals surface area (Å²) in [5, 5.41) is 2.78. The zero-order chi connectivity index (χ0) is 14.7. The molecule has 1 saturated carbocycles. The fourth-order valence-electron chi connectivity index (χ4n) is 3.04. The molecular formula is C17H20N2OS. The van der Waals surface area contributed by atoms with Gasteiger partial charge in [-0.15, -0.1) is 11.3 Å². The summed E-state index contributed by atoms with van der Waals surface area (Å²) in [6.07, 6.45) is 6.96. The van der Waals surface area contributed by atoms with Gasteiger partial charge in [0.05, 0.1) is 12.1 Å². The molecule has 110 valence electrons. The van der Waals surface area contributed by atoms with Crippen LogP contribution in [0.1, 0.15) is 48.6 Å². The Labute approximate surface area is 129 Å². The maximum atomic E-state index is 10.9. The minimum Gasteiger partial charge on any atom is -0.369 e. The van der Waals surface area contributed by atoms with E-state index in [1.807, 2.05) is 5.38 Å². The standard InChI is InChI=1S/C17H20N2OS/c18-16(20)10-17-19-15(11-21-17)14-8-6-13(7-9-14)12-4-2-1-3-5-12/h6-9,11-12H,1-5,10H2,(H2,18,20). The van der Waals surface area contributed by atoms with Crippen molar-refractivity contribution in [1.29, 1.82) is 0 Å². The van der Waals surface area contributed by atoms with Gasteiger partial charge < -0.3 is 5.73 Å². The number of nitrogens with two attached hydrogens (primary N) is 1. The van der Waals surface area contributed by atoms with Gasteiger partial charge in [-0.3, -0.25) is 4.79 Å². The molecule has 3 rings (SSSR count). The Hall–Kier alpha value is -1.68. The highest BCUT2D eigenvalue weighted by atomic mass is 32.1. The lowest BCUT2D eigenvalue weighted by atomic mass is 9.84. The number of rotatable bonds is 4. The van der Waals surface area contributed by atoms with Gasteiger partial charge in [0.25, 0.3) is 0 Å². The summed E-state index contributed by atoms with van der Waals surface area (Å²) in [6.45, 7) is 0. The van der Waals surface area contributed by atoms with Gasteiger partial charge in [0.15, 0.2) is 0 Å². The fraction of sp³-hybridized carbons (Fsp3) is 0.412. The van der Waals surface area contributed by atoms with Crippen LogP contribution in [-0.4, -0.2) is 10.9 Å². The van der Waals surface area contributed by atoms with Crippen LogP contribution in [0.4, 0.5) is 0 Å². The van der Waals surface area contributed by atoms with E-state index in [1.165, 1.54) is 49.0 Å². The second-order valence-corrected chi connectivity index (χ2v) is 6.67. The van der Waals surface area contributed by atoms with Crippen LogP contribution in [0.2, 0.25) is 0 Å². The van der Waals surface area contributed by atoms with Gasteiger partial charge in [0.1, 0.15) is 5.01 Å². The molecular weight excluding hydrogens is 280 g/mol. The third-order valence-corrected chi connectivity index (χ3v) is 5.01. The fourth-order valence-corrected chi connectivity index (χ4v) is 3.85. The SMILES string of the molecule is NC(=O)Cc1nc(-c2ccc(C3CCCCC3)cc2)cs1. The summed E-state index contributed by atoms with van der Waals surface area (Å²) in [5.41, 5.74) is 8.70. The number of aromatic nitrogens is 1. The monoisotopic (exact) mass is 300 g/mol. The Kier molecular flexibility index (Phi) is 4.34. The normalized spacial score (nSPS) is 16.0. The molecule has 1 fully saturated rings. The van der Waals surface area contributed by atoms with Crippen LogP contribution in [0.15, 0.2) is 29.6 Å². The smallest absolute Gasteiger partial charge is 0.224 e.